The number of methoxy groups -OCH3 is 1. The van der Waals surface area contributed by atoms with E-state index >= 15 is 0 Å². The third-order valence-corrected chi connectivity index (χ3v) is 5.00. The molecular weight excluding hydrogens is 366 g/mol. The molecule has 1 N–H and O–H groups in total. The minimum atomic E-state index is -0.284. The van der Waals surface area contributed by atoms with Crippen LogP contribution in [0.3, 0.4) is 0 Å². The Bertz CT molecular complexity index is 994. The predicted molar refractivity (Wildman–Crippen MR) is 113 cm³/mol. The molecule has 3 aromatic rings. The number of benzene rings is 2. The third kappa shape index (κ3) is 5.22. The van der Waals surface area contributed by atoms with Crippen molar-refractivity contribution in [2.24, 2.45) is 0 Å². The van der Waals surface area contributed by atoms with Crippen molar-refractivity contribution in [3.63, 3.8) is 0 Å². The molecule has 0 atom stereocenters. The van der Waals surface area contributed by atoms with E-state index in [2.05, 4.69) is 10.3 Å². The van der Waals surface area contributed by atoms with Crippen LogP contribution >= 0.6 is 0 Å². The van der Waals surface area contributed by atoms with Gasteiger partial charge in [0.1, 0.15) is 12.4 Å². The summed E-state index contributed by atoms with van der Waals surface area (Å²) in [6, 6.07) is 15.4. The molecule has 0 bridgehead atoms. The molecule has 2 aromatic carbocycles. The lowest BCUT2D eigenvalue weighted by Crippen LogP contribution is -2.25. The first-order valence-electron chi connectivity index (χ1n) is 9.95. The van der Waals surface area contributed by atoms with Gasteiger partial charge in [-0.1, -0.05) is 36.8 Å². The summed E-state index contributed by atoms with van der Waals surface area (Å²) in [5.74, 6) is 0.580. The number of aromatic nitrogens is 2. The molecule has 0 spiro atoms. The molecule has 1 heterocycles. The van der Waals surface area contributed by atoms with E-state index in [-0.39, 0.29) is 18.4 Å². The maximum absolute atomic E-state index is 12.2. The number of aryl methyl sites for hydroxylation is 2. The van der Waals surface area contributed by atoms with Gasteiger partial charge < -0.3 is 14.6 Å². The number of hydrogen-bond acceptors (Lipinski definition) is 4. The highest BCUT2D eigenvalue weighted by molar-refractivity contribution is 5.95. The summed E-state index contributed by atoms with van der Waals surface area (Å²) in [4.78, 5) is 28.7. The van der Waals surface area contributed by atoms with Crippen LogP contribution in [0, 0.1) is 6.92 Å². The number of nitrogens with one attached hydrogen (secondary N) is 1. The molecule has 0 aliphatic carbocycles. The van der Waals surface area contributed by atoms with Crippen molar-refractivity contribution >= 4 is 22.9 Å². The zero-order chi connectivity index (χ0) is 20.6. The quantitative estimate of drug-likeness (QED) is 0.445. The van der Waals surface area contributed by atoms with Crippen molar-refractivity contribution in [1.29, 1.82) is 0 Å². The molecule has 0 saturated carbocycles. The molecule has 1 aromatic heterocycles. The second-order valence-electron chi connectivity index (χ2n) is 7.06. The predicted octanol–water partition coefficient (Wildman–Crippen LogP) is 3.66. The number of nitrogens with zero attached hydrogens (tertiary/aromatic N) is 2. The van der Waals surface area contributed by atoms with Crippen LogP contribution in [0.1, 0.15) is 41.0 Å². The van der Waals surface area contributed by atoms with Crippen molar-refractivity contribution in [2.75, 3.05) is 13.7 Å². The Morgan fingerprint density at radius 3 is 2.59 bits per heavy atom. The van der Waals surface area contributed by atoms with Crippen molar-refractivity contribution in [1.82, 2.24) is 14.9 Å². The number of fused-ring (bicyclic) bond motifs is 1. The van der Waals surface area contributed by atoms with Crippen LogP contribution in [0.25, 0.3) is 11.0 Å². The number of hydrogen-bond donors (Lipinski definition) is 1. The van der Waals surface area contributed by atoms with Crippen molar-refractivity contribution < 1.29 is 14.3 Å². The van der Waals surface area contributed by atoms with E-state index in [0.29, 0.717) is 6.54 Å². The maximum Gasteiger partial charge on any atom is 0.325 e. The molecule has 29 heavy (non-hydrogen) atoms. The summed E-state index contributed by atoms with van der Waals surface area (Å²) in [7, 11) is 1.40. The fourth-order valence-corrected chi connectivity index (χ4v) is 3.40. The Morgan fingerprint density at radius 1 is 1.03 bits per heavy atom. The van der Waals surface area contributed by atoms with E-state index in [4.69, 9.17) is 4.74 Å². The van der Waals surface area contributed by atoms with Gasteiger partial charge in [-0.3, -0.25) is 9.59 Å². The van der Waals surface area contributed by atoms with Gasteiger partial charge in [-0.2, -0.15) is 0 Å². The van der Waals surface area contributed by atoms with Gasteiger partial charge in [0.15, 0.2) is 0 Å². The zero-order valence-electron chi connectivity index (χ0n) is 17.0. The van der Waals surface area contributed by atoms with Crippen molar-refractivity contribution in [3.05, 3.63) is 65.5 Å². The highest BCUT2D eigenvalue weighted by Crippen LogP contribution is 2.18. The van der Waals surface area contributed by atoms with Gasteiger partial charge in [0, 0.05) is 18.5 Å². The van der Waals surface area contributed by atoms with Crippen LogP contribution in [0.15, 0.2) is 48.5 Å². The highest BCUT2D eigenvalue weighted by Gasteiger charge is 2.13. The standard InChI is InChI=1S/C23H27N3O3/c1-17-10-5-6-11-18(17)23(28)24-15-9-3-4-14-21-25-19-12-7-8-13-20(19)26(21)16-22(27)29-2/h5-8,10-13H,3-4,9,14-16H2,1-2H3,(H,24,28). The van der Waals surface area contributed by atoms with Crippen LogP contribution < -0.4 is 5.32 Å². The average Bonchev–Trinajstić information content (AvgIpc) is 3.08. The fraction of sp³-hybridized carbons (Fsp3) is 0.348. The molecular formula is C23H27N3O3. The molecule has 152 valence electrons. The largest absolute Gasteiger partial charge is 0.468 e. The molecule has 6 nitrogen and oxygen atoms in total. The van der Waals surface area contributed by atoms with Crippen LogP contribution in [-0.2, 0) is 22.5 Å². The topological polar surface area (TPSA) is 73.2 Å². The molecule has 0 unspecified atom stereocenters. The van der Waals surface area contributed by atoms with Crippen molar-refractivity contribution in [2.45, 2.75) is 39.2 Å². The first kappa shape index (κ1) is 20.6. The third-order valence-electron chi connectivity index (χ3n) is 5.00. The van der Waals surface area contributed by atoms with Gasteiger partial charge in [-0.05, 0) is 43.5 Å². The van der Waals surface area contributed by atoms with Crippen LogP contribution in [-0.4, -0.2) is 35.1 Å². The highest BCUT2D eigenvalue weighted by atomic mass is 16.5. The number of unbranched alkanes of at least 4 members (excludes halogenated alkanes) is 2. The Morgan fingerprint density at radius 2 is 1.79 bits per heavy atom. The lowest BCUT2D eigenvalue weighted by molar-refractivity contribution is -0.141. The number of carbonyl (C=O) groups is 2. The summed E-state index contributed by atoms with van der Waals surface area (Å²) in [6.45, 7) is 2.75. The normalized spacial score (nSPS) is 10.8. The lowest BCUT2D eigenvalue weighted by atomic mass is 10.1. The minimum absolute atomic E-state index is 0.0250. The second kappa shape index (κ2) is 9.87. The summed E-state index contributed by atoms with van der Waals surface area (Å²) in [5, 5.41) is 2.98. The summed E-state index contributed by atoms with van der Waals surface area (Å²) < 4.78 is 6.76. The molecule has 0 saturated heterocycles. The zero-order valence-corrected chi connectivity index (χ0v) is 17.0. The van der Waals surface area contributed by atoms with Gasteiger partial charge in [0.05, 0.1) is 18.1 Å². The molecule has 0 radical (unpaired) electrons. The Kier molecular flexibility index (Phi) is 7.00. The maximum atomic E-state index is 12.2. The van der Waals surface area contributed by atoms with E-state index in [1.54, 1.807) is 0 Å². The molecule has 0 aliphatic rings. The van der Waals surface area contributed by atoms with E-state index in [0.717, 1.165) is 53.7 Å². The smallest absolute Gasteiger partial charge is 0.325 e. The number of imidazole rings is 1. The number of carbonyl (C=O) groups excluding carboxylic acids is 2. The number of esters is 1. The monoisotopic (exact) mass is 393 g/mol. The first-order valence-corrected chi connectivity index (χ1v) is 9.95. The van der Waals surface area contributed by atoms with E-state index in [1.165, 1.54) is 7.11 Å². The molecule has 1 amide bonds. The van der Waals surface area contributed by atoms with Crippen molar-refractivity contribution in [3.8, 4) is 0 Å². The summed E-state index contributed by atoms with van der Waals surface area (Å²) in [5.41, 5.74) is 3.54. The second-order valence-corrected chi connectivity index (χ2v) is 7.06. The molecule has 0 fully saturated rings. The fourth-order valence-electron chi connectivity index (χ4n) is 3.40. The Labute approximate surface area is 170 Å². The van der Waals surface area contributed by atoms with E-state index in [9.17, 15) is 9.59 Å². The number of para-hydroxylation sites is 2. The van der Waals surface area contributed by atoms with Gasteiger partial charge >= 0.3 is 5.97 Å². The molecule has 0 aliphatic heterocycles. The van der Waals surface area contributed by atoms with Crippen LogP contribution in [0.5, 0.6) is 0 Å². The lowest BCUT2D eigenvalue weighted by Gasteiger charge is -2.09. The van der Waals surface area contributed by atoms with Gasteiger partial charge in [-0.15, -0.1) is 0 Å². The van der Waals surface area contributed by atoms with E-state index in [1.807, 2.05) is 60.0 Å². The SMILES string of the molecule is COC(=O)Cn1c(CCCCCNC(=O)c2ccccc2C)nc2ccccc21. The number of amides is 1. The van der Waals surface area contributed by atoms with Gasteiger partial charge in [0.2, 0.25) is 0 Å². The van der Waals surface area contributed by atoms with Crippen LogP contribution in [0.2, 0.25) is 0 Å². The average molecular weight is 393 g/mol. The Hall–Kier alpha value is -3.15. The number of ether oxygens (including phenoxy) is 1. The first-order chi connectivity index (χ1) is 14.1. The molecule has 6 heteroatoms. The minimum Gasteiger partial charge on any atom is -0.468 e. The number of rotatable bonds is 9. The van der Waals surface area contributed by atoms with Gasteiger partial charge in [-0.25, -0.2) is 4.98 Å². The van der Waals surface area contributed by atoms with Gasteiger partial charge in [0.25, 0.3) is 5.91 Å². The Balaban J connectivity index is 1.50. The summed E-state index contributed by atoms with van der Waals surface area (Å²) in [6.07, 6.45) is 3.58. The molecule has 3 rings (SSSR count). The van der Waals surface area contributed by atoms with Crippen LogP contribution in [0.4, 0.5) is 0 Å². The van der Waals surface area contributed by atoms with E-state index < -0.39 is 0 Å². The summed E-state index contributed by atoms with van der Waals surface area (Å²) >= 11 is 0.